The molecule has 0 aliphatic carbocycles. The summed E-state index contributed by atoms with van der Waals surface area (Å²) in [6, 6.07) is 7.46. The fourth-order valence-electron chi connectivity index (χ4n) is 2.36. The average Bonchev–Trinajstić information content (AvgIpc) is 2.46. The van der Waals surface area contributed by atoms with Crippen LogP contribution in [0.2, 0.25) is 0 Å². The third-order valence-corrected chi connectivity index (χ3v) is 3.91. The first-order chi connectivity index (χ1) is 10.1. The van der Waals surface area contributed by atoms with Crippen LogP contribution in [-0.2, 0) is 13.0 Å². The number of hydrogen-bond donors (Lipinski definition) is 1. The van der Waals surface area contributed by atoms with E-state index in [0.717, 1.165) is 33.7 Å². The number of nitrogens with one attached hydrogen (secondary N) is 1. The fraction of sp³-hybridized carbons (Fsp3) is 0.267. The average molecular weight is 347 g/mol. The van der Waals surface area contributed by atoms with Gasteiger partial charge in [-0.2, -0.15) is 0 Å². The molecule has 0 radical (unpaired) electrons. The Morgan fingerprint density at radius 3 is 3.10 bits per heavy atom. The quantitative estimate of drug-likeness (QED) is 0.862. The van der Waals surface area contributed by atoms with E-state index >= 15 is 0 Å². The number of rotatable bonds is 1. The van der Waals surface area contributed by atoms with Crippen molar-refractivity contribution >= 4 is 27.6 Å². The monoisotopic (exact) mass is 346 g/mol. The van der Waals surface area contributed by atoms with Gasteiger partial charge in [-0.1, -0.05) is 22.0 Å². The lowest BCUT2D eigenvalue weighted by atomic mass is 10.1. The van der Waals surface area contributed by atoms with Gasteiger partial charge in [-0.25, -0.2) is 14.8 Å². The molecule has 1 aliphatic rings. The molecule has 0 fully saturated rings. The summed E-state index contributed by atoms with van der Waals surface area (Å²) in [4.78, 5) is 22.7. The number of carbonyl (C=O) groups excluding carboxylic acids is 1. The third-order valence-electron chi connectivity index (χ3n) is 3.42. The summed E-state index contributed by atoms with van der Waals surface area (Å²) in [7, 11) is 0. The van der Waals surface area contributed by atoms with Gasteiger partial charge in [0, 0.05) is 34.9 Å². The molecule has 1 N–H and O–H groups in total. The molecule has 2 heterocycles. The van der Waals surface area contributed by atoms with Gasteiger partial charge in [0.15, 0.2) is 0 Å². The summed E-state index contributed by atoms with van der Waals surface area (Å²) in [6.45, 7) is 3.10. The maximum atomic E-state index is 12.3. The van der Waals surface area contributed by atoms with E-state index in [4.69, 9.17) is 0 Å². The summed E-state index contributed by atoms with van der Waals surface area (Å²) in [5, 5.41) is 2.91. The van der Waals surface area contributed by atoms with Gasteiger partial charge in [-0.15, -0.1) is 0 Å². The number of nitrogens with zero attached hydrogens (tertiary/aromatic N) is 3. The number of halogens is 1. The van der Waals surface area contributed by atoms with E-state index in [-0.39, 0.29) is 6.03 Å². The first-order valence-electron chi connectivity index (χ1n) is 6.75. The Morgan fingerprint density at radius 1 is 1.43 bits per heavy atom. The second-order valence-corrected chi connectivity index (χ2v) is 5.92. The molecule has 6 heteroatoms. The van der Waals surface area contributed by atoms with Gasteiger partial charge in [0.1, 0.15) is 5.82 Å². The van der Waals surface area contributed by atoms with Crippen molar-refractivity contribution in [3.63, 3.8) is 0 Å². The highest BCUT2D eigenvalue weighted by atomic mass is 79.9. The maximum Gasteiger partial charge on any atom is 0.322 e. The number of benzene rings is 1. The van der Waals surface area contributed by atoms with Crippen LogP contribution < -0.4 is 5.32 Å². The molecule has 2 amide bonds. The van der Waals surface area contributed by atoms with Crippen molar-refractivity contribution in [2.75, 3.05) is 11.9 Å². The van der Waals surface area contributed by atoms with E-state index in [1.165, 1.54) is 0 Å². The highest BCUT2D eigenvalue weighted by molar-refractivity contribution is 9.10. The Bertz CT molecular complexity index is 689. The number of fused-ring (bicyclic) bond motifs is 1. The van der Waals surface area contributed by atoms with Crippen LogP contribution in [0.5, 0.6) is 0 Å². The summed E-state index contributed by atoms with van der Waals surface area (Å²) in [5.74, 6) is 0.779. The molecular weight excluding hydrogens is 332 g/mol. The highest BCUT2D eigenvalue weighted by Crippen LogP contribution is 2.19. The number of amides is 2. The Balaban J connectivity index is 1.71. The van der Waals surface area contributed by atoms with E-state index in [0.29, 0.717) is 13.1 Å². The van der Waals surface area contributed by atoms with E-state index in [1.807, 2.05) is 37.4 Å². The lowest BCUT2D eigenvalue weighted by molar-refractivity contribution is 0.205. The van der Waals surface area contributed by atoms with Crippen molar-refractivity contribution in [2.24, 2.45) is 0 Å². The Morgan fingerprint density at radius 2 is 2.29 bits per heavy atom. The number of aryl methyl sites for hydroxylation is 1. The van der Waals surface area contributed by atoms with Crippen molar-refractivity contribution in [3.8, 4) is 0 Å². The van der Waals surface area contributed by atoms with E-state index in [1.54, 1.807) is 4.90 Å². The minimum atomic E-state index is -0.0978. The standard InChI is InChI=1S/C15H15BrN4O/c1-10-17-8-11-9-20(6-5-14(11)18-10)15(21)19-13-4-2-3-12(16)7-13/h2-4,7-8H,5-6,9H2,1H3,(H,19,21). The largest absolute Gasteiger partial charge is 0.322 e. The zero-order valence-corrected chi connectivity index (χ0v) is 13.2. The number of carbonyl (C=O) groups is 1. The SMILES string of the molecule is Cc1ncc2c(n1)CCN(C(=O)Nc1cccc(Br)c1)C2. The summed E-state index contributed by atoms with van der Waals surface area (Å²) >= 11 is 3.39. The van der Waals surface area contributed by atoms with Crippen LogP contribution in [0.15, 0.2) is 34.9 Å². The topological polar surface area (TPSA) is 58.1 Å². The fourth-order valence-corrected chi connectivity index (χ4v) is 2.76. The van der Waals surface area contributed by atoms with Gasteiger partial charge in [0.05, 0.1) is 12.2 Å². The predicted molar refractivity (Wildman–Crippen MR) is 84.0 cm³/mol. The van der Waals surface area contributed by atoms with Crippen LogP contribution in [0, 0.1) is 6.92 Å². The van der Waals surface area contributed by atoms with Crippen molar-refractivity contribution in [1.82, 2.24) is 14.9 Å². The maximum absolute atomic E-state index is 12.3. The molecule has 0 spiro atoms. The highest BCUT2D eigenvalue weighted by Gasteiger charge is 2.22. The minimum Gasteiger partial charge on any atom is -0.320 e. The molecule has 0 unspecified atom stereocenters. The summed E-state index contributed by atoms with van der Waals surface area (Å²) in [6.07, 6.45) is 2.58. The number of urea groups is 1. The van der Waals surface area contributed by atoms with Crippen molar-refractivity contribution < 1.29 is 4.79 Å². The Hall–Kier alpha value is -1.95. The molecule has 0 saturated carbocycles. The van der Waals surface area contributed by atoms with Gasteiger partial charge >= 0.3 is 6.03 Å². The van der Waals surface area contributed by atoms with Gasteiger partial charge in [0.25, 0.3) is 0 Å². The number of aromatic nitrogens is 2. The molecule has 0 atom stereocenters. The first kappa shape index (κ1) is 14.0. The van der Waals surface area contributed by atoms with E-state index in [2.05, 4.69) is 31.2 Å². The molecule has 108 valence electrons. The predicted octanol–water partition coefficient (Wildman–Crippen LogP) is 3.14. The van der Waals surface area contributed by atoms with Gasteiger partial charge in [0.2, 0.25) is 0 Å². The third kappa shape index (κ3) is 3.21. The molecule has 0 saturated heterocycles. The van der Waals surface area contributed by atoms with Crippen LogP contribution >= 0.6 is 15.9 Å². The zero-order valence-electron chi connectivity index (χ0n) is 11.6. The van der Waals surface area contributed by atoms with Crippen LogP contribution in [0.3, 0.4) is 0 Å². The normalized spacial score (nSPS) is 13.7. The second kappa shape index (κ2) is 5.81. The molecule has 1 aliphatic heterocycles. The minimum absolute atomic E-state index is 0.0978. The zero-order chi connectivity index (χ0) is 14.8. The Labute approximate surface area is 131 Å². The lowest BCUT2D eigenvalue weighted by Crippen LogP contribution is -2.39. The molecule has 0 bridgehead atoms. The van der Waals surface area contributed by atoms with Crippen molar-refractivity contribution in [2.45, 2.75) is 19.9 Å². The lowest BCUT2D eigenvalue weighted by Gasteiger charge is -2.28. The van der Waals surface area contributed by atoms with Gasteiger partial charge in [-0.05, 0) is 25.1 Å². The molecule has 1 aromatic carbocycles. The number of anilines is 1. The first-order valence-corrected chi connectivity index (χ1v) is 7.54. The second-order valence-electron chi connectivity index (χ2n) is 5.00. The molecule has 3 rings (SSSR count). The smallest absolute Gasteiger partial charge is 0.320 e. The molecule has 1 aromatic heterocycles. The summed E-state index contributed by atoms with van der Waals surface area (Å²) in [5.41, 5.74) is 2.85. The molecule has 2 aromatic rings. The van der Waals surface area contributed by atoms with Crippen LogP contribution in [0.4, 0.5) is 10.5 Å². The van der Waals surface area contributed by atoms with Crippen LogP contribution in [0.25, 0.3) is 0 Å². The number of hydrogen-bond acceptors (Lipinski definition) is 3. The van der Waals surface area contributed by atoms with Gasteiger partial charge in [-0.3, -0.25) is 0 Å². The molecule has 21 heavy (non-hydrogen) atoms. The Kier molecular flexibility index (Phi) is 3.88. The summed E-state index contributed by atoms with van der Waals surface area (Å²) < 4.78 is 0.938. The van der Waals surface area contributed by atoms with Crippen LogP contribution in [-0.4, -0.2) is 27.4 Å². The van der Waals surface area contributed by atoms with E-state index in [9.17, 15) is 4.79 Å². The van der Waals surface area contributed by atoms with Gasteiger partial charge < -0.3 is 10.2 Å². The molecule has 5 nitrogen and oxygen atoms in total. The van der Waals surface area contributed by atoms with E-state index < -0.39 is 0 Å². The van der Waals surface area contributed by atoms with Crippen LogP contribution in [0.1, 0.15) is 17.1 Å². The molecular formula is C15H15BrN4O. The van der Waals surface area contributed by atoms with Crippen molar-refractivity contribution in [1.29, 1.82) is 0 Å². The van der Waals surface area contributed by atoms with Crippen molar-refractivity contribution in [3.05, 3.63) is 52.0 Å².